The zero-order valence-electron chi connectivity index (χ0n) is 14.8. The zero-order chi connectivity index (χ0) is 20.1. The highest BCUT2D eigenvalue weighted by atomic mass is 19.4. The van der Waals surface area contributed by atoms with Gasteiger partial charge in [-0.3, -0.25) is 4.79 Å². The Kier molecular flexibility index (Phi) is 6.04. The average molecular weight is 389 g/mol. The number of amides is 2. The number of carbonyl (C=O) groups is 1. The van der Waals surface area contributed by atoms with Gasteiger partial charge in [0.2, 0.25) is 0 Å². The van der Waals surface area contributed by atoms with Gasteiger partial charge >= 0.3 is 12.7 Å². The van der Waals surface area contributed by atoms with Crippen molar-refractivity contribution in [3.05, 3.63) is 63.6 Å². The molecule has 0 bridgehead atoms. The van der Waals surface area contributed by atoms with E-state index in [9.17, 15) is 22.8 Å². The van der Waals surface area contributed by atoms with E-state index in [-0.39, 0.29) is 17.6 Å². The summed E-state index contributed by atoms with van der Waals surface area (Å²) in [6, 6.07) is 8.98. The standard InChI is InChI=1S/C19H17N3O2.CHF3/c23-18-14(2-1-9-20-18)10-13-5-7-15-16(8-6-12-3-4-12)21-19(24)22-17(15)11-13;2-1(3)4/h1-2,5,7,9,11-12,16H,3-4,10H2,(H,20,23)(H2,21,22,24);1H/t16-;/m0./s1. The van der Waals surface area contributed by atoms with E-state index < -0.39 is 6.68 Å². The van der Waals surface area contributed by atoms with E-state index in [1.807, 2.05) is 30.3 Å². The Morgan fingerprint density at radius 3 is 2.54 bits per heavy atom. The van der Waals surface area contributed by atoms with Gasteiger partial charge in [-0.1, -0.05) is 30.0 Å². The third-order valence-corrected chi connectivity index (χ3v) is 4.26. The lowest BCUT2D eigenvalue weighted by molar-refractivity contribution is 0.00819. The molecule has 2 aromatic rings. The molecule has 28 heavy (non-hydrogen) atoms. The summed E-state index contributed by atoms with van der Waals surface area (Å²) >= 11 is 0. The van der Waals surface area contributed by atoms with Crippen LogP contribution >= 0.6 is 0 Å². The summed E-state index contributed by atoms with van der Waals surface area (Å²) in [5, 5.41) is 5.69. The largest absolute Gasteiger partial charge is 0.379 e. The molecule has 0 saturated heterocycles. The molecule has 4 rings (SSSR count). The van der Waals surface area contributed by atoms with Gasteiger partial charge in [-0.05, 0) is 30.5 Å². The summed E-state index contributed by atoms with van der Waals surface area (Å²) in [6.07, 6.45) is 4.45. The summed E-state index contributed by atoms with van der Waals surface area (Å²) in [7, 11) is 0. The van der Waals surface area contributed by atoms with Crippen LogP contribution in [0.15, 0.2) is 41.3 Å². The number of nitrogens with one attached hydrogen (secondary N) is 3. The first kappa shape index (κ1) is 19.5. The van der Waals surface area contributed by atoms with Crippen molar-refractivity contribution in [2.24, 2.45) is 5.92 Å². The van der Waals surface area contributed by atoms with Crippen LogP contribution in [0.2, 0.25) is 0 Å². The van der Waals surface area contributed by atoms with Crippen molar-refractivity contribution in [1.82, 2.24) is 10.3 Å². The van der Waals surface area contributed by atoms with Crippen molar-refractivity contribution in [2.45, 2.75) is 32.0 Å². The maximum Gasteiger partial charge on any atom is 0.379 e. The fourth-order valence-electron chi connectivity index (χ4n) is 2.80. The molecular weight excluding hydrogens is 371 g/mol. The van der Waals surface area contributed by atoms with Crippen LogP contribution in [-0.2, 0) is 6.42 Å². The van der Waals surface area contributed by atoms with Crippen LogP contribution in [0.1, 0.15) is 35.6 Å². The average Bonchev–Trinajstić information content (AvgIpc) is 3.45. The third kappa shape index (κ3) is 5.39. The maximum absolute atomic E-state index is 11.9. The molecule has 3 N–H and O–H groups in total. The topological polar surface area (TPSA) is 74.0 Å². The number of hydrogen-bond acceptors (Lipinski definition) is 2. The number of aromatic nitrogens is 1. The summed E-state index contributed by atoms with van der Waals surface area (Å²) in [6.45, 7) is -3.67. The highest BCUT2D eigenvalue weighted by Gasteiger charge is 2.24. The van der Waals surface area contributed by atoms with E-state index in [0.717, 1.165) is 29.7 Å². The lowest BCUT2D eigenvalue weighted by atomic mass is 9.98. The van der Waals surface area contributed by atoms with Crippen molar-refractivity contribution >= 4 is 11.7 Å². The Balaban J connectivity index is 0.000000516. The quantitative estimate of drug-likeness (QED) is 0.685. The Labute approximate surface area is 159 Å². The molecule has 2 aliphatic rings. The Hall–Kier alpha value is -3.21. The smallest absolute Gasteiger partial charge is 0.329 e. The molecule has 0 spiro atoms. The molecule has 146 valence electrons. The molecular formula is C20H18F3N3O2. The number of urea groups is 1. The van der Waals surface area contributed by atoms with Gasteiger partial charge in [-0.15, -0.1) is 0 Å². The number of alkyl halides is 3. The molecule has 1 saturated carbocycles. The van der Waals surface area contributed by atoms with Crippen molar-refractivity contribution in [3.8, 4) is 11.8 Å². The van der Waals surface area contributed by atoms with Gasteiger partial charge in [0, 0.05) is 35.3 Å². The second-order valence-corrected chi connectivity index (χ2v) is 6.46. The van der Waals surface area contributed by atoms with E-state index in [1.165, 1.54) is 0 Å². The number of pyridine rings is 1. The molecule has 8 heteroatoms. The van der Waals surface area contributed by atoms with Crippen LogP contribution in [0.25, 0.3) is 0 Å². The normalized spacial score (nSPS) is 17.3. The Morgan fingerprint density at radius 2 is 1.86 bits per heavy atom. The summed E-state index contributed by atoms with van der Waals surface area (Å²) in [5.41, 5.74) is 3.31. The molecule has 2 amide bonds. The Morgan fingerprint density at radius 1 is 1.11 bits per heavy atom. The van der Waals surface area contributed by atoms with Crippen LogP contribution in [0.4, 0.5) is 23.7 Å². The van der Waals surface area contributed by atoms with Crippen LogP contribution in [0.5, 0.6) is 0 Å². The predicted molar refractivity (Wildman–Crippen MR) is 98.8 cm³/mol. The zero-order valence-corrected chi connectivity index (χ0v) is 14.8. The van der Waals surface area contributed by atoms with E-state index in [1.54, 1.807) is 6.20 Å². The second kappa shape index (κ2) is 8.65. The molecule has 1 aromatic heterocycles. The number of halogens is 3. The maximum atomic E-state index is 11.9. The molecule has 2 heterocycles. The van der Waals surface area contributed by atoms with E-state index in [4.69, 9.17) is 0 Å². The highest BCUT2D eigenvalue weighted by molar-refractivity contribution is 5.93. The van der Waals surface area contributed by atoms with Gasteiger partial charge in [0.25, 0.3) is 5.56 Å². The minimum absolute atomic E-state index is 0.0888. The number of benzene rings is 1. The number of carbonyl (C=O) groups excluding carboxylic acids is 1. The first-order valence-electron chi connectivity index (χ1n) is 8.72. The lowest BCUT2D eigenvalue weighted by Gasteiger charge is -2.24. The molecule has 1 aromatic carbocycles. The molecule has 0 radical (unpaired) electrons. The van der Waals surface area contributed by atoms with Gasteiger partial charge in [0.05, 0.1) is 0 Å². The number of fused-ring (bicyclic) bond motifs is 1. The van der Waals surface area contributed by atoms with E-state index in [0.29, 0.717) is 17.9 Å². The number of hydrogen-bond donors (Lipinski definition) is 3. The fourth-order valence-corrected chi connectivity index (χ4v) is 2.80. The molecule has 1 fully saturated rings. The van der Waals surface area contributed by atoms with Crippen LogP contribution in [0, 0.1) is 17.8 Å². The SMILES string of the molecule is FC(F)F.O=C1Nc2cc(Cc3ccc[nH]c3=O)ccc2[C@H](C#CC2CC2)N1. The molecule has 1 aliphatic carbocycles. The first-order chi connectivity index (χ1) is 13.4. The van der Waals surface area contributed by atoms with Crippen LogP contribution < -0.4 is 16.2 Å². The molecule has 1 aliphatic heterocycles. The molecule has 1 atom stereocenters. The van der Waals surface area contributed by atoms with Crippen LogP contribution in [-0.4, -0.2) is 17.7 Å². The summed E-state index contributed by atoms with van der Waals surface area (Å²) < 4.78 is 29.0. The monoisotopic (exact) mass is 389 g/mol. The lowest BCUT2D eigenvalue weighted by Crippen LogP contribution is -2.37. The number of anilines is 1. The fraction of sp³-hybridized carbons (Fsp3) is 0.300. The van der Waals surface area contributed by atoms with Crippen LogP contribution in [0.3, 0.4) is 0 Å². The minimum Gasteiger partial charge on any atom is -0.329 e. The van der Waals surface area contributed by atoms with Crippen molar-refractivity contribution in [2.75, 3.05) is 5.32 Å². The summed E-state index contributed by atoms with van der Waals surface area (Å²) in [4.78, 5) is 26.4. The van der Waals surface area contributed by atoms with Gasteiger partial charge in [0.1, 0.15) is 6.04 Å². The number of rotatable bonds is 2. The van der Waals surface area contributed by atoms with E-state index >= 15 is 0 Å². The number of aromatic amines is 1. The van der Waals surface area contributed by atoms with E-state index in [2.05, 4.69) is 27.5 Å². The van der Waals surface area contributed by atoms with Gasteiger partial charge in [-0.25, -0.2) is 4.79 Å². The van der Waals surface area contributed by atoms with Gasteiger partial charge in [0.15, 0.2) is 0 Å². The van der Waals surface area contributed by atoms with Crippen molar-refractivity contribution in [1.29, 1.82) is 0 Å². The third-order valence-electron chi connectivity index (χ3n) is 4.26. The van der Waals surface area contributed by atoms with Gasteiger partial charge in [-0.2, -0.15) is 13.2 Å². The molecule has 0 unspecified atom stereocenters. The highest BCUT2D eigenvalue weighted by Crippen LogP contribution is 2.30. The Bertz CT molecular complexity index is 972. The predicted octanol–water partition coefficient (Wildman–Crippen LogP) is 3.73. The minimum atomic E-state index is -3.67. The second-order valence-electron chi connectivity index (χ2n) is 6.46. The first-order valence-corrected chi connectivity index (χ1v) is 8.72. The summed E-state index contributed by atoms with van der Waals surface area (Å²) in [5.74, 6) is 6.87. The van der Waals surface area contributed by atoms with Crippen molar-refractivity contribution < 1.29 is 18.0 Å². The van der Waals surface area contributed by atoms with Crippen molar-refractivity contribution in [3.63, 3.8) is 0 Å². The number of H-pyrrole nitrogens is 1. The van der Waals surface area contributed by atoms with Gasteiger partial charge < -0.3 is 15.6 Å². The molecule has 5 nitrogen and oxygen atoms in total.